The topological polar surface area (TPSA) is 126 Å². The smallest absolute Gasteiger partial charge is 0.273 e. The summed E-state index contributed by atoms with van der Waals surface area (Å²) in [7, 11) is 0. The highest BCUT2D eigenvalue weighted by Crippen LogP contribution is 2.33. The second-order valence-electron chi connectivity index (χ2n) is 14.9. The highest BCUT2D eigenvalue weighted by molar-refractivity contribution is 7.09. The number of thiazole rings is 1. The maximum atomic E-state index is 13.2. The molecule has 2 N–H and O–H groups in total. The van der Waals surface area contributed by atoms with E-state index in [1.165, 1.54) is 0 Å². The summed E-state index contributed by atoms with van der Waals surface area (Å²) < 4.78 is 18.0. The molecule has 0 saturated carbocycles. The number of nitrogens with zero attached hydrogens (tertiary/aromatic N) is 4. The van der Waals surface area contributed by atoms with E-state index in [4.69, 9.17) is 25.8 Å². The van der Waals surface area contributed by atoms with Crippen molar-refractivity contribution < 1.29 is 28.6 Å². The molecule has 4 heterocycles. The summed E-state index contributed by atoms with van der Waals surface area (Å²) in [5.74, 6) is 0.716. The summed E-state index contributed by atoms with van der Waals surface area (Å²) in [6, 6.07) is 12.0. The molecule has 14 heteroatoms. The molecule has 304 valence electrons. The number of hydrogen-bond acceptors (Lipinski definition) is 10. The quantitative estimate of drug-likeness (QED) is 0.149. The Morgan fingerprint density at radius 1 is 1.04 bits per heavy atom. The van der Waals surface area contributed by atoms with Gasteiger partial charge < -0.3 is 34.6 Å². The zero-order valence-electron chi connectivity index (χ0n) is 32.9. The van der Waals surface area contributed by atoms with Crippen molar-refractivity contribution in [2.24, 2.45) is 0 Å². The van der Waals surface area contributed by atoms with E-state index >= 15 is 0 Å². The highest BCUT2D eigenvalue weighted by atomic mass is 35.5. The second kappa shape index (κ2) is 20.7. The number of unbranched alkanes of at least 4 members (excludes halogenated alkanes) is 1. The summed E-state index contributed by atoms with van der Waals surface area (Å²) in [6.07, 6.45) is 6.31. The number of nitrogens with one attached hydrogen (secondary N) is 2. The Morgan fingerprint density at radius 2 is 1.84 bits per heavy atom. The molecular weight excluding hydrogens is 752 g/mol. The maximum absolute atomic E-state index is 13.2. The standard InChI is InChI=1S/C42H57ClN6O6S/c1-3-5-19-48(22-18-44-17-12-32-9-7-11-34-40(32)54-28-36(50)45-34)38(51)14-25-53-24-13-31-8-6-10-33(39(31)43)27-47-20-15-42(16-21-47)30-49(23-26-55-42)41(52)35-29-56-37(4-2)46-35/h6-11,29,44H,3-5,12-28,30H2,1-2H3,(H,45,50). The summed E-state index contributed by atoms with van der Waals surface area (Å²) in [5.41, 5.74) is 4.14. The lowest BCUT2D eigenvalue weighted by Gasteiger charge is -2.47. The van der Waals surface area contributed by atoms with Gasteiger partial charge in [0, 0.05) is 56.2 Å². The average molecular weight is 809 g/mol. The van der Waals surface area contributed by atoms with Crippen LogP contribution in [0.25, 0.3) is 0 Å². The van der Waals surface area contributed by atoms with Gasteiger partial charge in [0.2, 0.25) is 5.91 Å². The molecule has 3 aliphatic heterocycles. The molecule has 0 radical (unpaired) electrons. The lowest BCUT2D eigenvalue weighted by molar-refractivity contribution is -0.132. The number of rotatable bonds is 19. The maximum Gasteiger partial charge on any atom is 0.273 e. The Bertz CT molecular complexity index is 1780. The number of halogens is 1. The first-order valence-electron chi connectivity index (χ1n) is 20.2. The van der Waals surface area contributed by atoms with E-state index in [-0.39, 0.29) is 29.9 Å². The van der Waals surface area contributed by atoms with Crippen molar-refractivity contribution in [2.75, 3.05) is 84.1 Å². The van der Waals surface area contributed by atoms with E-state index in [1.54, 1.807) is 11.3 Å². The Labute approximate surface area is 340 Å². The van der Waals surface area contributed by atoms with E-state index in [0.717, 1.165) is 104 Å². The van der Waals surface area contributed by atoms with Crippen molar-refractivity contribution in [1.29, 1.82) is 0 Å². The van der Waals surface area contributed by atoms with Crippen LogP contribution in [-0.2, 0) is 44.9 Å². The number of amides is 3. The number of fused-ring (bicyclic) bond motifs is 1. The van der Waals surface area contributed by atoms with Crippen LogP contribution in [0.5, 0.6) is 5.75 Å². The second-order valence-corrected chi connectivity index (χ2v) is 16.2. The number of aryl methyl sites for hydroxylation is 1. The molecule has 0 atom stereocenters. The molecule has 1 aromatic heterocycles. The van der Waals surface area contributed by atoms with Crippen molar-refractivity contribution in [2.45, 2.75) is 77.4 Å². The van der Waals surface area contributed by atoms with Crippen LogP contribution in [0.4, 0.5) is 5.69 Å². The Kier molecular flexibility index (Phi) is 15.5. The van der Waals surface area contributed by atoms with Crippen LogP contribution >= 0.6 is 22.9 Å². The molecule has 6 rings (SSSR count). The third-order valence-electron chi connectivity index (χ3n) is 10.9. The number of benzene rings is 2. The van der Waals surface area contributed by atoms with E-state index in [1.807, 2.05) is 33.4 Å². The molecule has 0 bridgehead atoms. The fourth-order valence-electron chi connectivity index (χ4n) is 7.61. The van der Waals surface area contributed by atoms with E-state index < -0.39 is 0 Å². The zero-order chi connectivity index (χ0) is 39.3. The van der Waals surface area contributed by atoms with E-state index in [0.29, 0.717) is 70.2 Å². The van der Waals surface area contributed by atoms with Crippen LogP contribution in [0.1, 0.15) is 78.1 Å². The fraction of sp³-hybridized carbons (Fsp3) is 0.571. The van der Waals surface area contributed by atoms with Crippen LogP contribution in [0, 0.1) is 0 Å². The molecule has 3 aromatic rings. The first-order chi connectivity index (χ1) is 27.3. The number of carbonyl (C=O) groups is 3. The van der Waals surface area contributed by atoms with Gasteiger partial charge in [-0.2, -0.15) is 0 Å². The van der Waals surface area contributed by atoms with Crippen molar-refractivity contribution >= 4 is 46.3 Å². The molecule has 56 heavy (non-hydrogen) atoms. The van der Waals surface area contributed by atoms with Gasteiger partial charge in [-0.3, -0.25) is 19.3 Å². The van der Waals surface area contributed by atoms with E-state index in [2.05, 4.69) is 52.6 Å². The van der Waals surface area contributed by atoms with Gasteiger partial charge in [0.05, 0.1) is 49.1 Å². The molecule has 0 aliphatic carbocycles. The van der Waals surface area contributed by atoms with Gasteiger partial charge in [-0.1, -0.05) is 62.2 Å². The monoisotopic (exact) mass is 808 g/mol. The minimum absolute atomic E-state index is 0.00721. The largest absolute Gasteiger partial charge is 0.481 e. The SMILES string of the molecule is CCCCN(CCNCCc1cccc2c1OCC(=O)N2)C(=O)CCOCCc1cccc(CN2CCC3(CC2)CN(C(=O)c2csc(CC)n2)CCO3)c1Cl. The van der Waals surface area contributed by atoms with Crippen LogP contribution < -0.4 is 15.4 Å². The van der Waals surface area contributed by atoms with Crippen molar-refractivity contribution in [1.82, 2.24) is 25.0 Å². The number of aromatic nitrogens is 1. The lowest BCUT2D eigenvalue weighted by Crippen LogP contribution is -2.58. The zero-order valence-corrected chi connectivity index (χ0v) is 34.5. The highest BCUT2D eigenvalue weighted by Gasteiger charge is 2.41. The first-order valence-corrected chi connectivity index (χ1v) is 21.5. The van der Waals surface area contributed by atoms with Crippen molar-refractivity contribution in [3.8, 4) is 5.75 Å². The van der Waals surface area contributed by atoms with Crippen LogP contribution in [0.3, 0.4) is 0 Å². The summed E-state index contributed by atoms with van der Waals surface area (Å²) in [4.78, 5) is 48.8. The summed E-state index contributed by atoms with van der Waals surface area (Å²) >= 11 is 8.49. The van der Waals surface area contributed by atoms with Gasteiger partial charge in [-0.15, -0.1) is 11.3 Å². The Balaban J connectivity index is 0.888. The third-order valence-corrected chi connectivity index (χ3v) is 12.4. The fourth-order valence-corrected chi connectivity index (χ4v) is 8.61. The predicted molar refractivity (Wildman–Crippen MR) is 220 cm³/mol. The van der Waals surface area contributed by atoms with Gasteiger partial charge in [-0.25, -0.2) is 4.98 Å². The molecular formula is C42H57ClN6O6S. The number of likely N-dealkylation sites (tertiary alicyclic amines) is 1. The molecule has 2 saturated heterocycles. The Hall–Kier alpha value is -3.59. The van der Waals surface area contributed by atoms with Crippen LogP contribution in [-0.4, -0.2) is 122 Å². The van der Waals surface area contributed by atoms with Gasteiger partial charge in [0.15, 0.2) is 6.61 Å². The minimum atomic E-state index is -0.315. The summed E-state index contributed by atoms with van der Waals surface area (Å²) in [5, 5.41) is 9.96. The van der Waals surface area contributed by atoms with Crippen LogP contribution in [0.15, 0.2) is 41.8 Å². The average Bonchev–Trinajstić information content (AvgIpc) is 3.70. The first kappa shape index (κ1) is 42.0. The summed E-state index contributed by atoms with van der Waals surface area (Å²) in [6.45, 7) is 12.1. The van der Waals surface area contributed by atoms with Gasteiger partial charge in [0.1, 0.15) is 11.4 Å². The van der Waals surface area contributed by atoms with Gasteiger partial charge in [0.25, 0.3) is 11.8 Å². The number of anilines is 1. The molecule has 0 unspecified atom stereocenters. The van der Waals surface area contributed by atoms with Gasteiger partial charge in [-0.05, 0) is 67.8 Å². The molecule has 2 aromatic carbocycles. The van der Waals surface area contributed by atoms with Crippen LogP contribution in [0.2, 0.25) is 5.02 Å². The number of ether oxygens (including phenoxy) is 3. The number of hydrogen-bond donors (Lipinski definition) is 2. The molecule has 12 nitrogen and oxygen atoms in total. The number of piperidine rings is 1. The van der Waals surface area contributed by atoms with Crippen molar-refractivity contribution in [3.05, 3.63) is 74.2 Å². The third kappa shape index (κ3) is 11.3. The minimum Gasteiger partial charge on any atom is -0.481 e. The van der Waals surface area contributed by atoms with Crippen molar-refractivity contribution in [3.63, 3.8) is 0 Å². The van der Waals surface area contributed by atoms with E-state index in [9.17, 15) is 14.4 Å². The lowest BCUT2D eigenvalue weighted by atomic mass is 9.89. The number of morpholine rings is 1. The Morgan fingerprint density at radius 3 is 2.64 bits per heavy atom. The normalized spacial score (nSPS) is 16.7. The molecule has 3 aliphatic rings. The molecule has 3 amide bonds. The number of carbonyl (C=O) groups excluding carboxylic acids is 3. The van der Waals surface area contributed by atoms with Gasteiger partial charge >= 0.3 is 0 Å². The molecule has 2 fully saturated rings. The molecule has 1 spiro atoms. The number of para-hydroxylation sites is 1. The predicted octanol–water partition coefficient (Wildman–Crippen LogP) is 5.61.